The molecule has 2 amide bonds. The molecule has 2 rings (SSSR count). The first-order chi connectivity index (χ1) is 11.8. The second-order valence-corrected chi connectivity index (χ2v) is 7.65. The molecular formula is C17H30N2O6. The van der Waals surface area contributed by atoms with Gasteiger partial charge in [0.2, 0.25) is 0 Å². The highest BCUT2D eigenvalue weighted by Gasteiger charge is 2.26. The van der Waals surface area contributed by atoms with Gasteiger partial charge in [0, 0.05) is 13.1 Å². The number of rotatable bonds is 11. The summed E-state index contributed by atoms with van der Waals surface area (Å²) in [6.07, 6.45) is 1.22. The van der Waals surface area contributed by atoms with Crippen molar-refractivity contribution in [2.24, 2.45) is 11.3 Å². The number of ether oxygens (including phenoxy) is 4. The molecule has 25 heavy (non-hydrogen) atoms. The Balaban J connectivity index is 1.50. The van der Waals surface area contributed by atoms with Crippen LogP contribution in [0.5, 0.6) is 0 Å². The lowest BCUT2D eigenvalue weighted by molar-refractivity contribution is 0.129. The fourth-order valence-corrected chi connectivity index (χ4v) is 2.16. The Kier molecular flexibility index (Phi) is 7.31. The van der Waals surface area contributed by atoms with Crippen molar-refractivity contribution in [1.82, 2.24) is 10.6 Å². The van der Waals surface area contributed by atoms with Crippen molar-refractivity contribution in [2.45, 2.75) is 45.8 Å². The van der Waals surface area contributed by atoms with Gasteiger partial charge in [-0.15, -0.1) is 0 Å². The average molecular weight is 358 g/mol. The molecule has 3 atom stereocenters. The fourth-order valence-electron chi connectivity index (χ4n) is 2.16. The van der Waals surface area contributed by atoms with Gasteiger partial charge in [0.25, 0.3) is 0 Å². The Bertz CT molecular complexity index is 448. The van der Waals surface area contributed by atoms with Crippen LogP contribution in [0, 0.1) is 11.3 Å². The van der Waals surface area contributed by atoms with Gasteiger partial charge in [0.05, 0.1) is 13.2 Å². The Morgan fingerprint density at radius 1 is 1.08 bits per heavy atom. The van der Waals surface area contributed by atoms with Gasteiger partial charge in [0.15, 0.2) is 0 Å². The van der Waals surface area contributed by atoms with E-state index in [9.17, 15) is 9.59 Å². The summed E-state index contributed by atoms with van der Waals surface area (Å²) in [5.74, 6) is 0.322. The number of alkyl carbamates (subject to hydrolysis) is 2. The Morgan fingerprint density at radius 2 is 1.60 bits per heavy atom. The molecular weight excluding hydrogens is 328 g/mol. The maximum absolute atomic E-state index is 11.6. The predicted octanol–water partition coefficient (Wildman–Crippen LogP) is 1.68. The standard InChI is InChI=1S/C17H30N2O6/c1-12(6-18-15(20)24-9-13-7-22-13)4-5-17(2,3)11-19-16(21)25-10-14-8-23-14/h12-14H,4-11H2,1-3H3,(H,18,20)(H,19,21). The molecule has 2 fully saturated rings. The van der Waals surface area contributed by atoms with Crippen molar-refractivity contribution < 1.29 is 28.5 Å². The zero-order chi connectivity index (χ0) is 18.3. The third-order valence-electron chi connectivity index (χ3n) is 4.23. The van der Waals surface area contributed by atoms with Gasteiger partial charge in [-0.3, -0.25) is 0 Å². The van der Waals surface area contributed by atoms with Crippen LogP contribution < -0.4 is 10.6 Å². The maximum atomic E-state index is 11.6. The summed E-state index contributed by atoms with van der Waals surface area (Å²) >= 11 is 0. The largest absolute Gasteiger partial charge is 0.447 e. The number of amides is 2. The lowest BCUT2D eigenvalue weighted by atomic mass is 9.85. The third-order valence-corrected chi connectivity index (χ3v) is 4.23. The second kappa shape index (κ2) is 9.24. The number of carbonyl (C=O) groups is 2. The summed E-state index contributed by atoms with van der Waals surface area (Å²) in [4.78, 5) is 23.1. The van der Waals surface area contributed by atoms with Crippen LogP contribution in [-0.4, -0.2) is 63.9 Å². The molecule has 3 unspecified atom stereocenters. The van der Waals surface area contributed by atoms with E-state index in [0.717, 1.165) is 12.8 Å². The number of epoxide rings is 2. The summed E-state index contributed by atoms with van der Waals surface area (Å²) in [7, 11) is 0. The summed E-state index contributed by atoms with van der Waals surface area (Å²) in [6.45, 7) is 9.37. The molecule has 144 valence electrons. The quantitative estimate of drug-likeness (QED) is 0.545. The third kappa shape index (κ3) is 9.50. The van der Waals surface area contributed by atoms with Gasteiger partial charge in [-0.05, 0) is 24.2 Å². The minimum atomic E-state index is -0.402. The summed E-state index contributed by atoms with van der Waals surface area (Å²) < 4.78 is 20.0. The molecule has 0 bridgehead atoms. The average Bonchev–Trinajstić information content (AvgIpc) is 3.46. The summed E-state index contributed by atoms with van der Waals surface area (Å²) in [5, 5.41) is 5.56. The van der Waals surface area contributed by atoms with Gasteiger partial charge >= 0.3 is 12.2 Å². The van der Waals surface area contributed by atoms with E-state index in [-0.39, 0.29) is 17.6 Å². The molecule has 8 nitrogen and oxygen atoms in total. The highest BCUT2D eigenvalue weighted by molar-refractivity contribution is 5.67. The molecule has 0 aromatic carbocycles. The highest BCUT2D eigenvalue weighted by Crippen LogP contribution is 2.24. The van der Waals surface area contributed by atoms with E-state index in [0.29, 0.717) is 45.4 Å². The van der Waals surface area contributed by atoms with Crippen molar-refractivity contribution in [3.05, 3.63) is 0 Å². The van der Waals surface area contributed by atoms with Crippen LogP contribution in [0.4, 0.5) is 9.59 Å². The van der Waals surface area contributed by atoms with Crippen LogP contribution >= 0.6 is 0 Å². The Labute approximate surface area is 148 Å². The molecule has 2 aliphatic heterocycles. The fraction of sp³-hybridized carbons (Fsp3) is 0.882. The zero-order valence-corrected chi connectivity index (χ0v) is 15.3. The van der Waals surface area contributed by atoms with Crippen molar-refractivity contribution in [2.75, 3.05) is 39.5 Å². The molecule has 0 saturated carbocycles. The summed E-state index contributed by atoms with van der Waals surface area (Å²) in [6, 6.07) is 0. The first kappa shape index (κ1) is 19.8. The van der Waals surface area contributed by atoms with Crippen molar-refractivity contribution >= 4 is 12.2 Å². The van der Waals surface area contributed by atoms with E-state index >= 15 is 0 Å². The minimum absolute atomic E-state index is 0.0484. The van der Waals surface area contributed by atoms with Gasteiger partial charge in [0.1, 0.15) is 25.4 Å². The van der Waals surface area contributed by atoms with Crippen LogP contribution in [0.1, 0.15) is 33.6 Å². The summed E-state index contributed by atoms with van der Waals surface area (Å²) in [5.41, 5.74) is -0.0484. The molecule has 0 aromatic rings. The maximum Gasteiger partial charge on any atom is 0.407 e. The smallest absolute Gasteiger partial charge is 0.407 e. The van der Waals surface area contributed by atoms with E-state index in [1.165, 1.54) is 0 Å². The number of carbonyl (C=O) groups excluding carboxylic acids is 2. The van der Waals surface area contributed by atoms with Crippen LogP contribution in [0.15, 0.2) is 0 Å². The molecule has 2 aliphatic rings. The van der Waals surface area contributed by atoms with Gasteiger partial charge < -0.3 is 29.6 Å². The van der Waals surface area contributed by atoms with E-state index in [1.54, 1.807) is 0 Å². The topological polar surface area (TPSA) is 102 Å². The van der Waals surface area contributed by atoms with Gasteiger partial charge in [-0.25, -0.2) is 9.59 Å². The molecule has 2 heterocycles. The van der Waals surface area contributed by atoms with Crippen molar-refractivity contribution in [3.63, 3.8) is 0 Å². The number of hydrogen-bond acceptors (Lipinski definition) is 6. The van der Waals surface area contributed by atoms with Crippen LogP contribution in [-0.2, 0) is 18.9 Å². The predicted molar refractivity (Wildman–Crippen MR) is 90.4 cm³/mol. The van der Waals surface area contributed by atoms with Gasteiger partial charge in [-0.2, -0.15) is 0 Å². The van der Waals surface area contributed by atoms with E-state index < -0.39 is 12.2 Å². The lowest BCUT2D eigenvalue weighted by Gasteiger charge is -2.26. The van der Waals surface area contributed by atoms with Crippen LogP contribution in [0.3, 0.4) is 0 Å². The molecule has 2 N–H and O–H groups in total. The molecule has 2 saturated heterocycles. The lowest BCUT2D eigenvalue weighted by Crippen LogP contribution is -2.35. The SMILES string of the molecule is CC(CCC(C)(C)CNC(=O)OCC1CO1)CNC(=O)OCC1CO1. The Hall–Kier alpha value is -1.54. The van der Waals surface area contributed by atoms with E-state index in [4.69, 9.17) is 18.9 Å². The van der Waals surface area contributed by atoms with E-state index in [2.05, 4.69) is 31.4 Å². The van der Waals surface area contributed by atoms with Crippen molar-refractivity contribution in [1.29, 1.82) is 0 Å². The van der Waals surface area contributed by atoms with E-state index in [1.807, 2.05) is 0 Å². The van der Waals surface area contributed by atoms with Crippen LogP contribution in [0.25, 0.3) is 0 Å². The van der Waals surface area contributed by atoms with Gasteiger partial charge in [-0.1, -0.05) is 20.8 Å². The Morgan fingerprint density at radius 3 is 2.12 bits per heavy atom. The second-order valence-electron chi connectivity index (χ2n) is 7.65. The van der Waals surface area contributed by atoms with Crippen LogP contribution in [0.2, 0.25) is 0 Å². The molecule has 0 radical (unpaired) electrons. The first-order valence-corrected chi connectivity index (χ1v) is 8.88. The molecule has 0 aromatic heterocycles. The monoisotopic (exact) mass is 358 g/mol. The zero-order valence-electron chi connectivity index (χ0n) is 15.3. The number of nitrogens with one attached hydrogen (secondary N) is 2. The molecule has 8 heteroatoms. The first-order valence-electron chi connectivity index (χ1n) is 8.88. The minimum Gasteiger partial charge on any atom is -0.447 e. The molecule has 0 aliphatic carbocycles. The molecule has 0 spiro atoms. The number of hydrogen-bond donors (Lipinski definition) is 2. The normalized spacial score (nSPS) is 22.7. The highest BCUT2D eigenvalue weighted by atomic mass is 16.6. The van der Waals surface area contributed by atoms with Crippen molar-refractivity contribution in [3.8, 4) is 0 Å².